The van der Waals surface area contributed by atoms with Crippen molar-refractivity contribution < 1.29 is 4.74 Å². The predicted molar refractivity (Wildman–Crippen MR) is 93.8 cm³/mol. The zero-order chi connectivity index (χ0) is 15.3. The van der Waals surface area contributed by atoms with Gasteiger partial charge in [0.2, 0.25) is 0 Å². The van der Waals surface area contributed by atoms with Gasteiger partial charge in [0.1, 0.15) is 0 Å². The molecule has 0 saturated heterocycles. The Morgan fingerprint density at radius 1 is 1.05 bits per heavy atom. The van der Waals surface area contributed by atoms with Gasteiger partial charge in [0.25, 0.3) is 0 Å². The van der Waals surface area contributed by atoms with Crippen molar-refractivity contribution in [1.82, 2.24) is 3.11 Å². The van der Waals surface area contributed by atoms with Gasteiger partial charge in [0.15, 0.2) is 0 Å². The summed E-state index contributed by atoms with van der Waals surface area (Å²) in [4.78, 5) is 0. The lowest BCUT2D eigenvalue weighted by molar-refractivity contribution is -0.133. The van der Waals surface area contributed by atoms with Gasteiger partial charge in [0, 0.05) is 36.0 Å². The van der Waals surface area contributed by atoms with Crippen LogP contribution in [0.25, 0.3) is 0 Å². The number of hydrogen-bond acceptors (Lipinski definition) is 2. The van der Waals surface area contributed by atoms with Crippen LogP contribution in [0.3, 0.4) is 0 Å². The molecule has 0 spiro atoms. The summed E-state index contributed by atoms with van der Waals surface area (Å²) in [5.41, 5.74) is 0.446. The van der Waals surface area contributed by atoms with E-state index in [0.717, 1.165) is 32.4 Å². The van der Waals surface area contributed by atoms with Crippen LogP contribution < -0.4 is 0 Å². The zero-order valence-corrected chi connectivity index (χ0v) is 16.4. The van der Waals surface area contributed by atoms with Crippen molar-refractivity contribution in [3.05, 3.63) is 0 Å². The van der Waals surface area contributed by atoms with Gasteiger partial charge >= 0.3 is 0 Å². The van der Waals surface area contributed by atoms with Crippen molar-refractivity contribution in [2.45, 2.75) is 73.3 Å². The number of ether oxygens (including phenoxy) is 1. The molecular formula is C16H34INO. The lowest BCUT2D eigenvalue weighted by atomic mass is 9.67. The highest BCUT2D eigenvalue weighted by molar-refractivity contribution is 14.1. The van der Waals surface area contributed by atoms with E-state index in [4.69, 9.17) is 4.74 Å². The average Bonchev–Trinajstić information content (AvgIpc) is 2.21. The molecule has 116 valence electrons. The third kappa shape index (κ3) is 7.28. The van der Waals surface area contributed by atoms with Crippen LogP contribution in [0.15, 0.2) is 0 Å². The lowest BCUT2D eigenvalue weighted by Crippen LogP contribution is -2.47. The van der Waals surface area contributed by atoms with E-state index in [9.17, 15) is 0 Å². The summed E-state index contributed by atoms with van der Waals surface area (Å²) >= 11 is 2.33. The standard InChI is InChI=1S/C16H34INO/c1-9-15(5,6)16(7,13-14(2,3)4)19-12-10-11-18(8)17/h9-13H2,1-8H3. The van der Waals surface area contributed by atoms with Crippen molar-refractivity contribution >= 4 is 22.9 Å². The molecule has 0 aliphatic rings. The Bertz CT molecular complexity index is 258. The van der Waals surface area contributed by atoms with Crippen molar-refractivity contribution in [1.29, 1.82) is 0 Å². The normalized spacial score (nSPS) is 16.7. The van der Waals surface area contributed by atoms with Crippen LogP contribution in [0, 0.1) is 10.8 Å². The first-order valence-corrected chi connectivity index (χ1v) is 8.41. The SMILES string of the molecule is CCC(C)(C)C(C)(CC(C)(C)C)OCCCN(C)I. The molecule has 19 heavy (non-hydrogen) atoms. The first-order valence-electron chi connectivity index (χ1n) is 7.44. The van der Waals surface area contributed by atoms with Gasteiger partial charge in [-0.2, -0.15) is 0 Å². The minimum Gasteiger partial charge on any atom is -0.375 e. The Kier molecular flexibility index (Phi) is 7.86. The monoisotopic (exact) mass is 383 g/mol. The maximum atomic E-state index is 6.38. The quantitative estimate of drug-likeness (QED) is 0.320. The molecule has 1 unspecified atom stereocenters. The second kappa shape index (κ2) is 7.60. The van der Waals surface area contributed by atoms with Gasteiger partial charge in [0.05, 0.1) is 5.60 Å². The van der Waals surface area contributed by atoms with Crippen molar-refractivity contribution in [3.8, 4) is 0 Å². The van der Waals surface area contributed by atoms with Crippen LogP contribution in [-0.4, -0.2) is 28.9 Å². The van der Waals surface area contributed by atoms with E-state index in [1.807, 2.05) is 0 Å². The highest BCUT2D eigenvalue weighted by atomic mass is 127. The molecule has 0 aliphatic carbocycles. The van der Waals surface area contributed by atoms with Crippen molar-refractivity contribution in [3.63, 3.8) is 0 Å². The van der Waals surface area contributed by atoms with E-state index in [1.165, 1.54) is 0 Å². The summed E-state index contributed by atoms with van der Waals surface area (Å²) in [6, 6.07) is 0. The summed E-state index contributed by atoms with van der Waals surface area (Å²) in [6.07, 6.45) is 3.34. The predicted octanol–water partition coefficient (Wildman–Crippen LogP) is 5.31. The first-order chi connectivity index (χ1) is 8.43. The second-order valence-electron chi connectivity index (χ2n) is 7.74. The minimum atomic E-state index is -0.0517. The molecular weight excluding hydrogens is 349 g/mol. The van der Waals surface area contributed by atoms with Gasteiger partial charge in [-0.1, -0.05) is 41.5 Å². The zero-order valence-electron chi connectivity index (χ0n) is 14.3. The van der Waals surface area contributed by atoms with Crippen LogP contribution in [0.2, 0.25) is 0 Å². The largest absolute Gasteiger partial charge is 0.375 e. The molecule has 2 nitrogen and oxygen atoms in total. The second-order valence-corrected chi connectivity index (χ2v) is 9.38. The Balaban J connectivity index is 4.69. The molecule has 0 heterocycles. The molecule has 0 fully saturated rings. The van der Waals surface area contributed by atoms with Gasteiger partial charge in [-0.05, 0) is 44.1 Å². The third-order valence-corrected chi connectivity index (χ3v) is 4.70. The molecule has 0 bridgehead atoms. The molecule has 0 rings (SSSR count). The number of hydrogen-bond donors (Lipinski definition) is 0. The van der Waals surface area contributed by atoms with Gasteiger partial charge in [-0.3, -0.25) is 3.11 Å². The smallest absolute Gasteiger partial charge is 0.0710 e. The van der Waals surface area contributed by atoms with Crippen LogP contribution in [0.5, 0.6) is 0 Å². The molecule has 0 radical (unpaired) electrons. The first kappa shape index (κ1) is 19.7. The number of rotatable bonds is 8. The molecule has 0 aromatic carbocycles. The molecule has 0 amide bonds. The molecule has 0 saturated carbocycles. The minimum absolute atomic E-state index is 0.0517. The fourth-order valence-electron chi connectivity index (χ4n) is 2.45. The van der Waals surface area contributed by atoms with Crippen LogP contribution in [-0.2, 0) is 4.74 Å². The third-order valence-electron chi connectivity index (χ3n) is 4.21. The molecule has 0 aromatic rings. The fourth-order valence-corrected chi connectivity index (χ4v) is 2.79. The highest BCUT2D eigenvalue weighted by Crippen LogP contribution is 2.44. The summed E-state index contributed by atoms with van der Waals surface area (Å²) in [5, 5.41) is 0. The molecule has 0 aliphatic heterocycles. The summed E-state index contributed by atoms with van der Waals surface area (Å²) in [5.74, 6) is 0. The van der Waals surface area contributed by atoms with E-state index in [2.05, 4.69) is 81.5 Å². The Morgan fingerprint density at radius 2 is 1.58 bits per heavy atom. The van der Waals surface area contributed by atoms with Crippen LogP contribution in [0.4, 0.5) is 0 Å². The Morgan fingerprint density at radius 3 is 1.95 bits per heavy atom. The molecule has 0 aromatic heterocycles. The maximum Gasteiger partial charge on any atom is 0.0710 e. The number of nitrogens with zero attached hydrogens (tertiary/aromatic N) is 1. The Labute approximate surface area is 135 Å². The van der Waals surface area contributed by atoms with Crippen LogP contribution in [0.1, 0.15) is 67.7 Å². The maximum absolute atomic E-state index is 6.38. The van der Waals surface area contributed by atoms with E-state index in [0.29, 0.717) is 5.41 Å². The van der Waals surface area contributed by atoms with E-state index in [1.54, 1.807) is 0 Å². The molecule has 0 N–H and O–H groups in total. The van der Waals surface area contributed by atoms with E-state index >= 15 is 0 Å². The van der Waals surface area contributed by atoms with Crippen molar-refractivity contribution in [2.24, 2.45) is 10.8 Å². The van der Waals surface area contributed by atoms with E-state index < -0.39 is 0 Å². The highest BCUT2D eigenvalue weighted by Gasteiger charge is 2.43. The van der Waals surface area contributed by atoms with Crippen molar-refractivity contribution in [2.75, 3.05) is 20.2 Å². The van der Waals surface area contributed by atoms with Crippen LogP contribution >= 0.6 is 22.9 Å². The topological polar surface area (TPSA) is 12.5 Å². The average molecular weight is 383 g/mol. The van der Waals surface area contributed by atoms with Gasteiger partial charge in [-0.15, -0.1) is 0 Å². The fraction of sp³-hybridized carbons (Fsp3) is 1.00. The molecule has 3 heteroatoms. The summed E-state index contributed by atoms with van der Waals surface area (Å²) in [6.45, 7) is 18.1. The van der Waals surface area contributed by atoms with Gasteiger partial charge < -0.3 is 4.74 Å². The molecule has 1 atom stereocenters. The Hall–Kier alpha value is 0.650. The summed E-state index contributed by atoms with van der Waals surface area (Å²) < 4.78 is 8.57. The van der Waals surface area contributed by atoms with Gasteiger partial charge in [-0.25, -0.2) is 0 Å². The number of halogens is 1. The lowest BCUT2D eigenvalue weighted by Gasteiger charge is -2.47. The van der Waals surface area contributed by atoms with E-state index in [-0.39, 0.29) is 11.0 Å². The summed E-state index contributed by atoms with van der Waals surface area (Å²) in [7, 11) is 2.10.